The zero-order chi connectivity index (χ0) is 14.4. The van der Waals surface area contributed by atoms with Gasteiger partial charge in [-0.25, -0.2) is 4.98 Å². The maximum absolute atomic E-state index is 6.01. The lowest BCUT2D eigenvalue weighted by molar-refractivity contribution is 0.201. The van der Waals surface area contributed by atoms with Crippen molar-refractivity contribution in [1.82, 2.24) is 9.88 Å². The molecule has 0 saturated carbocycles. The molecule has 1 aliphatic rings. The van der Waals surface area contributed by atoms with Gasteiger partial charge in [0, 0.05) is 46.0 Å². The lowest BCUT2D eigenvalue weighted by Crippen LogP contribution is -2.42. The van der Waals surface area contributed by atoms with E-state index in [4.69, 9.17) is 10.5 Å². The van der Waals surface area contributed by atoms with Crippen molar-refractivity contribution in [1.29, 1.82) is 0 Å². The van der Waals surface area contributed by atoms with Gasteiger partial charge in [-0.05, 0) is 31.0 Å². The number of likely N-dealkylation sites (N-methyl/N-ethyl adjacent to an activating group) is 1. The van der Waals surface area contributed by atoms with E-state index >= 15 is 0 Å². The topological polar surface area (TPSA) is 54.6 Å². The number of nitrogens with zero attached hydrogens (tertiary/aromatic N) is 3. The van der Waals surface area contributed by atoms with Crippen molar-refractivity contribution in [3.05, 3.63) is 23.9 Å². The van der Waals surface area contributed by atoms with Crippen molar-refractivity contribution >= 4 is 5.82 Å². The molecule has 0 amide bonds. The minimum Gasteiger partial charge on any atom is -0.383 e. The van der Waals surface area contributed by atoms with E-state index in [9.17, 15) is 0 Å². The molecule has 0 radical (unpaired) electrons. The summed E-state index contributed by atoms with van der Waals surface area (Å²) in [6.45, 7) is 4.65. The molecule has 1 saturated heterocycles. The molecule has 1 aromatic rings. The van der Waals surface area contributed by atoms with Crippen LogP contribution in [0.15, 0.2) is 18.3 Å². The van der Waals surface area contributed by atoms with Crippen LogP contribution >= 0.6 is 0 Å². The van der Waals surface area contributed by atoms with Crippen molar-refractivity contribution in [2.45, 2.75) is 25.4 Å². The molecule has 20 heavy (non-hydrogen) atoms. The minimum atomic E-state index is 0.330. The number of aromatic nitrogens is 1. The van der Waals surface area contributed by atoms with Crippen molar-refractivity contribution in [2.24, 2.45) is 5.73 Å². The smallest absolute Gasteiger partial charge is 0.128 e. The zero-order valence-corrected chi connectivity index (χ0v) is 12.6. The Labute approximate surface area is 121 Å². The summed E-state index contributed by atoms with van der Waals surface area (Å²) in [7, 11) is 3.75. The fourth-order valence-corrected chi connectivity index (χ4v) is 2.57. The van der Waals surface area contributed by atoms with Crippen LogP contribution in [0.3, 0.4) is 0 Å². The number of nitrogens with two attached hydrogens (primary N) is 1. The number of pyridine rings is 1. The van der Waals surface area contributed by atoms with Crippen molar-refractivity contribution in [3.63, 3.8) is 0 Å². The Morgan fingerprint density at radius 3 is 3.00 bits per heavy atom. The highest BCUT2D eigenvalue weighted by Crippen LogP contribution is 2.14. The summed E-state index contributed by atoms with van der Waals surface area (Å²) in [5.41, 5.74) is 7.27. The summed E-state index contributed by atoms with van der Waals surface area (Å²) in [5, 5.41) is 0. The van der Waals surface area contributed by atoms with Gasteiger partial charge in [0.1, 0.15) is 5.82 Å². The number of piperidine rings is 1. The zero-order valence-electron chi connectivity index (χ0n) is 12.6. The highest BCUT2D eigenvalue weighted by atomic mass is 16.5. The second-order valence-electron chi connectivity index (χ2n) is 5.58. The third-order valence-corrected chi connectivity index (χ3v) is 3.78. The highest BCUT2D eigenvalue weighted by molar-refractivity contribution is 5.38. The molecule has 2 N–H and O–H groups in total. The first-order chi connectivity index (χ1) is 9.69. The SMILES string of the molecule is COCCN(C)c1ccc(CN2CCC[C@@H](N)C2)cn1. The second kappa shape index (κ2) is 7.57. The molecular weight excluding hydrogens is 252 g/mol. The van der Waals surface area contributed by atoms with E-state index in [0.717, 1.165) is 38.4 Å². The van der Waals surface area contributed by atoms with Gasteiger partial charge in [0.2, 0.25) is 0 Å². The van der Waals surface area contributed by atoms with E-state index in [1.54, 1.807) is 7.11 Å². The number of likely N-dealkylation sites (tertiary alicyclic amines) is 1. The first-order valence-corrected chi connectivity index (χ1v) is 7.32. The van der Waals surface area contributed by atoms with E-state index in [1.165, 1.54) is 12.0 Å². The van der Waals surface area contributed by atoms with Gasteiger partial charge >= 0.3 is 0 Å². The molecule has 5 heteroatoms. The molecule has 1 aliphatic heterocycles. The number of rotatable bonds is 6. The molecule has 0 unspecified atom stereocenters. The largest absolute Gasteiger partial charge is 0.383 e. The summed E-state index contributed by atoms with van der Waals surface area (Å²) in [5.74, 6) is 0.987. The fourth-order valence-electron chi connectivity index (χ4n) is 2.57. The van der Waals surface area contributed by atoms with Crippen LogP contribution < -0.4 is 10.6 Å². The average molecular weight is 278 g/mol. The Hall–Kier alpha value is -1.17. The van der Waals surface area contributed by atoms with Crippen LogP contribution in [0.4, 0.5) is 5.82 Å². The Morgan fingerprint density at radius 1 is 1.50 bits per heavy atom. The molecule has 0 aromatic carbocycles. The van der Waals surface area contributed by atoms with Gasteiger partial charge in [-0.3, -0.25) is 4.90 Å². The normalized spacial score (nSPS) is 20.1. The van der Waals surface area contributed by atoms with Crippen LogP contribution in [0.1, 0.15) is 18.4 Å². The maximum Gasteiger partial charge on any atom is 0.128 e. The molecule has 5 nitrogen and oxygen atoms in total. The summed E-state index contributed by atoms with van der Waals surface area (Å²) in [6, 6.07) is 4.57. The Kier molecular flexibility index (Phi) is 5.76. The van der Waals surface area contributed by atoms with Crippen molar-refractivity contribution in [3.8, 4) is 0 Å². The van der Waals surface area contributed by atoms with Gasteiger partial charge in [0.15, 0.2) is 0 Å². The number of hydrogen-bond donors (Lipinski definition) is 1. The molecule has 0 aliphatic carbocycles. The van der Waals surface area contributed by atoms with Gasteiger partial charge in [0.05, 0.1) is 6.61 Å². The van der Waals surface area contributed by atoms with Crippen LogP contribution in [-0.4, -0.2) is 56.3 Å². The molecule has 1 aromatic heterocycles. The van der Waals surface area contributed by atoms with Gasteiger partial charge < -0.3 is 15.4 Å². The van der Waals surface area contributed by atoms with E-state index < -0.39 is 0 Å². The van der Waals surface area contributed by atoms with Gasteiger partial charge in [-0.15, -0.1) is 0 Å². The van der Waals surface area contributed by atoms with Gasteiger partial charge in [-0.2, -0.15) is 0 Å². The molecule has 2 rings (SSSR count). The number of hydrogen-bond acceptors (Lipinski definition) is 5. The number of methoxy groups -OCH3 is 1. The van der Waals surface area contributed by atoms with E-state index in [2.05, 4.69) is 26.9 Å². The number of ether oxygens (including phenoxy) is 1. The summed E-state index contributed by atoms with van der Waals surface area (Å²) in [6.07, 6.45) is 4.32. The molecule has 112 valence electrons. The lowest BCUT2D eigenvalue weighted by Gasteiger charge is -2.30. The Morgan fingerprint density at radius 2 is 2.35 bits per heavy atom. The maximum atomic E-state index is 6.01. The molecule has 2 heterocycles. The summed E-state index contributed by atoms with van der Waals surface area (Å²) in [4.78, 5) is 9.05. The monoisotopic (exact) mass is 278 g/mol. The summed E-state index contributed by atoms with van der Waals surface area (Å²) >= 11 is 0. The quantitative estimate of drug-likeness (QED) is 0.844. The van der Waals surface area contributed by atoms with E-state index in [1.807, 2.05) is 13.2 Å². The molecule has 1 fully saturated rings. The molecule has 0 spiro atoms. The lowest BCUT2D eigenvalue weighted by atomic mass is 10.1. The van der Waals surface area contributed by atoms with E-state index in [0.29, 0.717) is 12.6 Å². The van der Waals surface area contributed by atoms with Crippen molar-refractivity contribution < 1.29 is 4.74 Å². The summed E-state index contributed by atoms with van der Waals surface area (Å²) < 4.78 is 5.08. The van der Waals surface area contributed by atoms with Gasteiger partial charge in [-0.1, -0.05) is 6.07 Å². The predicted octanol–water partition coefficient (Wildman–Crippen LogP) is 1.09. The van der Waals surface area contributed by atoms with Crippen LogP contribution in [0.2, 0.25) is 0 Å². The molecule has 0 bridgehead atoms. The Bertz CT molecular complexity index is 395. The predicted molar refractivity (Wildman–Crippen MR) is 81.9 cm³/mol. The minimum absolute atomic E-state index is 0.330. The van der Waals surface area contributed by atoms with Crippen molar-refractivity contribution in [2.75, 3.05) is 45.3 Å². The van der Waals surface area contributed by atoms with Crippen LogP contribution in [-0.2, 0) is 11.3 Å². The second-order valence-corrected chi connectivity index (χ2v) is 5.58. The average Bonchev–Trinajstić information content (AvgIpc) is 2.45. The van der Waals surface area contributed by atoms with E-state index in [-0.39, 0.29) is 0 Å². The van der Waals surface area contributed by atoms with Crippen LogP contribution in [0.25, 0.3) is 0 Å². The molecule has 1 atom stereocenters. The first-order valence-electron chi connectivity index (χ1n) is 7.32. The van der Waals surface area contributed by atoms with Crippen LogP contribution in [0.5, 0.6) is 0 Å². The molecular formula is C15H26N4O. The standard InChI is InChI=1S/C15H26N4O/c1-18(8-9-20-2)15-6-5-13(10-17-15)11-19-7-3-4-14(16)12-19/h5-6,10,14H,3-4,7-9,11-12,16H2,1-2H3/t14-/m1/s1. The Balaban J connectivity index is 1.87. The fraction of sp³-hybridized carbons (Fsp3) is 0.667. The van der Waals surface area contributed by atoms with Crippen LogP contribution in [0, 0.1) is 0 Å². The third kappa shape index (κ3) is 4.44. The first kappa shape index (κ1) is 15.2. The third-order valence-electron chi connectivity index (χ3n) is 3.78. The van der Waals surface area contributed by atoms with Gasteiger partial charge in [0.25, 0.3) is 0 Å². The highest BCUT2D eigenvalue weighted by Gasteiger charge is 2.16. The number of anilines is 1.